The molecule has 1 amide bonds. The van der Waals surface area contributed by atoms with Crippen LogP contribution in [0, 0.1) is 11.6 Å². The van der Waals surface area contributed by atoms with Crippen LogP contribution in [0.3, 0.4) is 0 Å². The van der Waals surface area contributed by atoms with E-state index in [1.54, 1.807) is 4.90 Å². The van der Waals surface area contributed by atoms with E-state index < -0.39 is 23.9 Å². The van der Waals surface area contributed by atoms with Gasteiger partial charge in [-0.1, -0.05) is 24.3 Å². The molecule has 1 fully saturated rings. The maximum atomic E-state index is 13.6. The number of benzene rings is 2. The molecule has 1 saturated heterocycles. The molecule has 0 aliphatic carbocycles. The molecule has 1 aromatic heterocycles. The summed E-state index contributed by atoms with van der Waals surface area (Å²) >= 11 is 0. The van der Waals surface area contributed by atoms with Crippen LogP contribution in [0.25, 0.3) is 11.3 Å². The lowest BCUT2D eigenvalue weighted by Gasteiger charge is -2.22. The molecule has 2 heterocycles. The van der Waals surface area contributed by atoms with Crippen molar-refractivity contribution in [1.29, 1.82) is 0 Å². The Morgan fingerprint density at radius 3 is 2.56 bits per heavy atom. The molecule has 0 bridgehead atoms. The van der Waals surface area contributed by atoms with Crippen LogP contribution < -0.4 is 11.0 Å². The van der Waals surface area contributed by atoms with Crippen molar-refractivity contribution in [3.05, 3.63) is 87.7 Å². The first kappa shape index (κ1) is 23.5. The van der Waals surface area contributed by atoms with Gasteiger partial charge in [0, 0.05) is 24.2 Å². The molecule has 10 heteroatoms. The summed E-state index contributed by atoms with van der Waals surface area (Å²) in [6.07, 6.45) is -0.116. The summed E-state index contributed by atoms with van der Waals surface area (Å²) in [6, 6.07) is 13.2. The van der Waals surface area contributed by atoms with Gasteiger partial charge in [-0.15, -0.1) is 5.48 Å². The number of hydroxylamine groups is 1. The maximum absolute atomic E-state index is 13.6. The van der Waals surface area contributed by atoms with Gasteiger partial charge in [0.1, 0.15) is 17.8 Å². The first-order valence-corrected chi connectivity index (χ1v) is 10.8. The molecule has 2 aromatic carbocycles. The first-order valence-electron chi connectivity index (χ1n) is 10.8. The van der Waals surface area contributed by atoms with Crippen LogP contribution in [0.2, 0.25) is 0 Å². The first-order chi connectivity index (χ1) is 16.3. The number of rotatable bonds is 8. The van der Waals surface area contributed by atoms with Crippen molar-refractivity contribution in [3.8, 4) is 11.3 Å². The van der Waals surface area contributed by atoms with E-state index in [2.05, 4.69) is 10.6 Å². The molecule has 0 spiro atoms. The van der Waals surface area contributed by atoms with Crippen molar-refractivity contribution in [1.82, 2.24) is 25.1 Å². The average Bonchev–Trinajstić information content (AvgIpc) is 3.15. The summed E-state index contributed by atoms with van der Waals surface area (Å²) in [4.78, 5) is 33.3. The molecule has 34 heavy (non-hydrogen) atoms. The summed E-state index contributed by atoms with van der Waals surface area (Å²) in [6.45, 7) is 1.49. The van der Waals surface area contributed by atoms with Gasteiger partial charge in [-0.2, -0.15) is 5.10 Å². The van der Waals surface area contributed by atoms with E-state index >= 15 is 0 Å². The van der Waals surface area contributed by atoms with Crippen LogP contribution in [0.15, 0.2) is 59.4 Å². The molecule has 1 unspecified atom stereocenters. The molecule has 1 atom stereocenters. The average molecular weight is 469 g/mol. The Labute approximate surface area is 195 Å². The second kappa shape index (κ2) is 10.1. The Morgan fingerprint density at radius 1 is 1.06 bits per heavy atom. The third-order valence-electron chi connectivity index (χ3n) is 5.43. The number of hydrogen-bond acceptors (Lipinski definition) is 6. The predicted molar refractivity (Wildman–Crippen MR) is 122 cm³/mol. The molecule has 178 valence electrons. The van der Waals surface area contributed by atoms with Gasteiger partial charge in [0.05, 0.1) is 12.2 Å². The zero-order valence-corrected chi connectivity index (χ0v) is 18.9. The van der Waals surface area contributed by atoms with Crippen molar-refractivity contribution < 1.29 is 18.4 Å². The third kappa shape index (κ3) is 5.46. The Morgan fingerprint density at radius 2 is 1.82 bits per heavy atom. The summed E-state index contributed by atoms with van der Waals surface area (Å²) in [5, 5.41) is 4.29. The Kier molecular flexibility index (Phi) is 6.99. The van der Waals surface area contributed by atoms with Crippen molar-refractivity contribution in [2.24, 2.45) is 0 Å². The minimum Gasteiger partial charge on any atom is -0.351 e. The van der Waals surface area contributed by atoms with Crippen LogP contribution in [-0.4, -0.2) is 52.9 Å². The zero-order chi connectivity index (χ0) is 24.2. The quantitative estimate of drug-likeness (QED) is 0.546. The number of carbonyl (C=O) groups excluding carboxylic acids is 1. The van der Waals surface area contributed by atoms with E-state index in [1.807, 2.05) is 43.3 Å². The van der Waals surface area contributed by atoms with Crippen LogP contribution in [0.4, 0.5) is 13.6 Å². The lowest BCUT2D eigenvalue weighted by atomic mass is 10.1. The number of nitrogens with zero attached hydrogens (tertiary/aromatic N) is 4. The monoisotopic (exact) mass is 469 g/mol. The smallest absolute Gasteiger partial charge is 0.351 e. The van der Waals surface area contributed by atoms with E-state index in [0.29, 0.717) is 6.54 Å². The van der Waals surface area contributed by atoms with Crippen molar-refractivity contribution in [2.45, 2.75) is 19.1 Å². The van der Waals surface area contributed by atoms with Crippen LogP contribution in [0.5, 0.6) is 0 Å². The third-order valence-corrected chi connectivity index (χ3v) is 5.43. The maximum Gasteiger partial charge on any atom is 0.430 e. The highest BCUT2D eigenvalue weighted by atomic mass is 19.1. The molecule has 1 N–H and O–H groups in total. The normalized spacial score (nSPS) is 15.7. The van der Waals surface area contributed by atoms with Gasteiger partial charge in [0.2, 0.25) is 0 Å². The molecule has 4 rings (SSSR count). The number of amides is 1. The number of aromatic nitrogens is 2. The molecule has 1 aliphatic heterocycles. The number of halogens is 2. The molecule has 0 radical (unpaired) electrons. The highest BCUT2D eigenvalue weighted by molar-refractivity contribution is 5.69. The largest absolute Gasteiger partial charge is 0.430 e. The fraction of sp³-hybridized carbons (Fsp3) is 0.292. The minimum atomic E-state index is -0.724. The highest BCUT2D eigenvalue weighted by Crippen LogP contribution is 2.25. The Hall–Kier alpha value is -3.63. The minimum absolute atomic E-state index is 0.139. The van der Waals surface area contributed by atoms with E-state index in [1.165, 1.54) is 16.8 Å². The fourth-order valence-electron chi connectivity index (χ4n) is 3.81. The highest BCUT2D eigenvalue weighted by Gasteiger charge is 2.33. The van der Waals surface area contributed by atoms with E-state index in [0.717, 1.165) is 42.3 Å². The van der Waals surface area contributed by atoms with Crippen LogP contribution >= 0.6 is 0 Å². The van der Waals surface area contributed by atoms with E-state index in [-0.39, 0.29) is 23.4 Å². The molecule has 3 aromatic rings. The van der Waals surface area contributed by atoms with Gasteiger partial charge in [-0.25, -0.2) is 18.3 Å². The summed E-state index contributed by atoms with van der Waals surface area (Å²) in [5.74, 6) is -1.45. The topological polar surface area (TPSA) is 79.7 Å². The van der Waals surface area contributed by atoms with Gasteiger partial charge in [-0.3, -0.25) is 9.69 Å². The van der Waals surface area contributed by atoms with Gasteiger partial charge in [0.15, 0.2) is 0 Å². The second-order valence-electron chi connectivity index (χ2n) is 8.36. The van der Waals surface area contributed by atoms with E-state index in [9.17, 15) is 18.4 Å². The number of carbonyl (C=O) groups is 1. The second-order valence-corrected chi connectivity index (χ2v) is 8.36. The summed E-state index contributed by atoms with van der Waals surface area (Å²) in [7, 11) is 3.94. The fourth-order valence-corrected chi connectivity index (χ4v) is 3.81. The van der Waals surface area contributed by atoms with E-state index in [4.69, 9.17) is 4.84 Å². The zero-order valence-electron chi connectivity index (χ0n) is 18.9. The van der Waals surface area contributed by atoms with Gasteiger partial charge < -0.3 is 9.74 Å². The van der Waals surface area contributed by atoms with Crippen molar-refractivity contribution in [3.63, 3.8) is 0 Å². The lowest BCUT2D eigenvalue weighted by molar-refractivity contribution is 0.120. The van der Waals surface area contributed by atoms with Gasteiger partial charge in [-0.05, 0) is 56.4 Å². The van der Waals surface area contributed by atoms with Crippen molar-refractivity contribution >= 4 is 6.09 Å². The van der Waals surface area contributed by atoms with Crippen LogP contribution in [0.1, 0.15) is 23.7 Å². The molecule has 0 saturated carbocycles. The predicted octanol–water partition coefficient (Wildman–Crippen LogP) is 3.14. The van der Waals surface area contributed by atoms with Crippen molar-refractivity contribution in [2.75, 3.05) is 27.2 Å². The molecule has 1 aliphatic rings. The van der Waals surface area contributed by atoms with Gasteiger partial charge in [0.25, 0.3) is 5.56 Å². The standard InChI is InChI=1S/C24H25F2N5O3/c1-29(2)9-4-10-30-23(28-34-24(30)33)17-6-3-5-16(11-17)15-31-22(32)8-7-21(27-31)18-12-19(25)14-20(26)13-18/h3,5-8,11-14,23,28H,4,9-10,15H2,1-2H3. The Balaban J connectivity index is 1.56. The molecular weight excluding hydrogens is 444 g/mol. The lowest BCUT2D eigenvalue weighted by Crippen LogP contribution is -2.32. The SMILES string of the molecule is CN(C)CCCN1C(=O)ONC1c1cccc(Cn2nc(-c3cc(F)cc(F)c3)ccc2=O)c1. The number of hydrogen-bond donors (Lipinski definition) is 1. The summed E-state index contributed by atoms with van der Waals surface area (Å²) < 4.78 is 28.5. The van der Waals surface area contributed by atoms with Gasteiger partial charge >= 0.3 is 6.09 Å². The molecule has 8 nitrogen and oxygen atoms in total. The number of nitrogens with one attached hydrogen (secondary N) is 1. The summed E-state index contributed by atoms with van der Waals surface area (Å²) in [5.41, 5.74) is 4.48. The molecular formula is C24H25F2N5O3. The Bertz CT molecular complexity index is 1230. The van der Waals surface area contributed by atoms with Crippen LogP contribution in [-0.2, 0) is 11.4 Å².